The van der Waals surface area contributed by atoms with Crippen LogP contribution in [0.1, 0.15) is 55.8 Å². The maximum absolute atomic E-state index is 12.6. The minimum Gasteiger partial charge on any atom is -0.383 e. The van der Waals surface area contributed by atoms with Gasteiger partial charge in [-0.05, 0) is 43.0 Å². The van der Waals surface area contributed by atoms with Gasteiger partial charge in [0.05, 0.1) is 5.56 Å². The minimum atomic E-state index is -0.891. The normalized spacial score (nSPS) is 25.8. The Morgan fingerprint density at radius 3 is 2.84 bits per heavy atom. The number of piperidine rings is 1. The third kappa shape index (κ3) is 4.42. The number of hydrogen-bond donors (Lipinski definition) is 2. The number of aliphatic hydroxyl groups excluding tert-OH is 1. The third-order valence-electron chi connectivity index (χ3n) is 5.64. The van der Waals surface area contributed by atoms with Gasteiger partial charge in [0.1, 0.15) is 6.10 Å². The van der Waals surface area contributed by atoms with Crippen molar-refractivity contribution in [3.05, 3.63) is 22.4 Å². The molecule has 1 aliphatic carbocycles. The lowest BCUT2D eigenvalue weighted by Gasteiger charge is -2.40. The minimum absolute atomic E-state index is 0.0736. The van der Waals surface area contributed by atoms with Crippen LogP contribution in [0.4, 0.5) is 0 Å². The second-order valence-electron chi connectivity index (χ2n) is 7.86. The lowest BCUT2D eigenvalue weighted by atomic mass is 9.81. The van der Waals surface area contributed by atoms with Crippen LogP contribution in [0.15, 0.2) is 16.8 Å². The van der Waals surface area contributed by atoms with E-state index in [1.165, 1.54) is 11.3 Å². The third-order valence-corrected chi connectivity index (χ3v) is 6.32. The Morgan fingerprint density at radius 1 is 1.40 bits per heavy atom. The van der Waals surface area contributed by atoms with E-state index in [1.807, 2.05) is 21.7 Å². The molecule has 0 radical (unpaired) electrons. The molecule has 0 spiro atoms. The standard InChI is InChI=1S/C19H28N2O3S/c1-19(12-20-17(23)16(22)14-5-2-3-6-14)8-4-9-21(13-19)18(24)15-7-10-25-11-15/h7,10-11,14,16,22H,2-6,8-9,12-13H2,1H3,(H,20,23)/t16-,19?/m1/s1. The fraction of sp³-hybridized carbons (Fsp3) is 0.684. The Morgan fingerprint density at radius 2 is 2.16 bits per heavy atom. The molecule has 1 saturated carbocycles. The number of nitrogens with one attached hydrogen (secondary N) is 1. The second kappa shape index (κ2) is 7.87. The number of nitrogens with zero attached hydrogens (tertiary/aromatic N) is 1. The zero-order valence-corrected chi connectivity index (χ0v) is 15.7. The van der Waals surface area contributed by atoms with Crippen molar-refractivity contribution in [2.45, 2.75) is 51.6 Å². The Hall–Kier alpha value is -1.40. The van der Waals surface area contributed by atoms with E-state index < -0.39 is 6.10 Å². The second-order valence-corrected chi connectivity index (χ2v) is 8.64. The number of hydrogen-bond acceptors (Lipinski definition) is 4. The van der Waals surface area contributed by atoms with Crippen molar-refractivity contribution in [1.29, 1.82) is 0 Å². The largest absolute Gasteiger partial charge is 0.383 e. The van der Waals surface area contributed by atoms with E-state index in [-0.39, 0.29) is 23.1 Å². The van der Waals surface area contributed by atoms with Gasteiger partial charge in [-0.1, -0.05) is 19.8 Å². The first-order valence-electron chi connectivity index (χ1n) is 9.26. The first kappa shape index (κ1) is 18.4. The SMILES string of the molecule is CC1(CNC(=O)[C@H](O)C2CCCC2)CCCN(C(=O)c2ccsc2)C1. The number of amides is 2. The zero-order chi connectivity index (χ0) is 17.9. The van der Waals surface area contributed by atoms with Crippen LogP contribution in [0.2, 0.25) is 0 Å². The highest BCUT2D eigenvalue weighted by Crippen LogP contribution is 2.31. The van der Waals surface area contributed by atoms with Gasteiger partial charge in [-0.25, -0.2) is 0 Å². The quantitative estimate of drug-likeness (QED) is 0.844. The number of aliphatic hydroxyl groups is 1. The van der Waals surface area contributed by atoms with Crippen LogP contribution in [0, 0.1) is 11.3 Å². The fourth-order valence-corrected chi connectivity index (χ4v) is 4.72. The summed E-state index contributed by atoms with van der Waals surface area (Å²) >= 11 is 1.53. The van der Waals surface area contributed by atoms with Crippen LogP contribution >= 0.6 is 11.3 Å². The van der Waals surface area contributed by atoms with Crippen molar-refractivity contribution in [2.24, 2.45) is 11.3 Å². The number of carbonyl (C=O) groups is 2. The summed E-state index contributed by atoms with van der Waals surface area (Å²) in [6, 6.07) is 1.86. The first-order chi connectivity index (χ1) is 12.0. The van der Waals surface area contributed by atoms with Crippen LogP contribution in [-0.4, -0.2) is 47.6 Å². The zero-order valence-electron chi connectivity index (χ0n) is 14.9. The van der Waals surface area contributed by atoms with Gasteiger partial charge in [0.2, 0.25) is 5.91 Å². The summed E-state index contributed by atoms with van der Waals surface area (Å²) in [6.45, 7) is 4.02. The Kier molecular flexibility index (Phi) is 5.79. The van der Waals surface area contributed by atoms with Crippen molar-refractivity contribution in [3.8, 4) is 0 Å². The van der Waals surface area contributed by atoms with Crippen LogP contribution in [-0.2, 0) is 4.79 Å². The molecule has 2 atom stereocenters. The fourth-order valence-electron chi connectivity index (χ4n) is 4.09. The molecule has 2 N–H and O–H groups in total. The molecule has 3 rings (SSSR count). The predicted octanol–water partition coefficient (Wildman–Crippen LogP) is 2.66. The smallest absolute Gasteiger partial charge is 0.254 e. The van der Waals surface area contributed by atoms with Gasteiger partial charge in [0.15, 0.2) is 0 Å². The molecule has 2 heterocycles. The molecule has 1 aliphatic heterocycles. The molecule has 6 heteroatoms. The topological polar surface area (TPSA) is 69.6 Å². The van der Waals surface area contributed by atoms with Crippen molar-refractivity contribution in [3.63, 3.8) is 0 Å². The van der Waals surface area contributed by atoms with Gasteiger partial charge >= 0.3 is 0 Å². The monoisotopic (exact) mass is 364 g/mol. The lowest BCUT2D eigenvalue weighted by Crippen LogP contribution is -2.51. The van der Waals surface area contributed by atoms with E-state index in [2.05, 4.69) is 12.2 Å². The summed E-state index contributed by atoms with van der Waals surface area (Å²) in [4.78, 5) is 26.7. The van der Waals surface area contributed by atoms with Gasteiger partial charge < -0.3 is 15.3 Å². The van der Waals surface area contributed by atoms with E-state index in [0.29, 0.717) is 13.1 Å². The number of rotatable bonds is 5. The molecule has 25 heavy (non-hydrogen) atoms. The molecule has 1 unspecified atom stereocenters. The van der Waals surface area contributed by atoms with Crippen molar-refractivity contribution in [1.82, 2.24) is 10.2 Å². The number of carbonyl (C=O) groups excluding carboxylic acids is 2. The molecule has 2 aliphatic rings. The van der Waals surface area contributed by atoms with E-state index >= 15 is 0 Å². The predicted molar refractivity (Wildman–Crippen MR) is 98.5 cm³/mol. The maximum Gasteiger partial charge on any atom is 0.254 e. The number of likely N-dealkylation sites (tertiary alicyclic amines) is 1. The highest BCUT2D eigenvalue weighted by atomic mass is 32.1. The van der Waals surface area contributed by atoms with Crippen LogP contribution in [0.5, 0.6) is 0 Å². The molecule has 0 aromatic carbocycles. The molecule has 1 saturated heterocycles. The first-order valence-corrected chi connectivity index (χ1v) is 10.2. The summed E-state index contributed by atoms with van der Waals surface area (Å²) < 4.78 is 0. The summed E-state index contributed by atoms with van der Waals surface area (Å²) in [6.07, 6.45) is 5.11. The molecule has 1 aromatic rings. The van der Waals surface area contributed by atoms with Crippen molar-refractivity contribution in [2.75, 3.05) is 19.6 Å². The molecule has 5 nitrogen and oxygen atoms in total. The average molecular weight is 365 g/mol. The number of thiophene rings is 1. The maximum atomic E-state index is 12.6. The summed E-state index contributed by atoms with van der Waals surface area (Å²) in [5.74, 6) is -0.0743. The van der Waals surface area contributed by atoms with Gasteiger partial charge in [-0.2, -0.15) is 11.3 Å². The summed E-state index contributed by atoms with van der Waals surface area (Å²) in [5, 5.41) is 17.0. The molecule has 2 amide bonds. The van der Waals surface area contributed by atoms with Gasteiger partial charge in [-0.15, -0.1) is 0 Å². The van der Waals surface area contributed by atoms with Crippen molar-refractivity contribution < 1.29 is 14.7 Å². The van der Waals surface area contributed by atoms with E-state index in [0.717, 1.165) is 50.6 Å². The summed E-state index contributed by atoms with van der Waals surface area (Å²) in [7, 11) is 0. The van der Waals surface area contributed by atoms with Crippen molar-refractivity contribution >= 4 is 23.2 Å². The average Bonchev–Trinajstić information content (AvgIpc) is 3.31. The molecule has 0 bridgehead atoms. The molecule has 1 aromatic heterocycles. The molecular formula is C19H28N2O3S. The highest BCUT2D eigenvalue weighted by molar-refractivity contribution is 7.08. The Labute approximate surface area is 153 Å². The Bertz CT molecular complexity index is 598. The van der Waals surface area contributed by atoms with Gasteiger partial charge in [0, 0.05) is 30.4 Å². The van der Waals surface area contributed by atoms with Crippen LogP contribution in [0.3, 0.4) is 0 Å². The Balaban J connectivity index is 1.54. The molecule has 138 valence electrons. The van der Waals surface area contributed by atoms with Crippen LogP contribution < -0.4 is 5.32 Å². The van der Waals surface area contributed by atoms with Gasteiger partial charge in [-0.3, -0.25) is 9.59 Å². The van der Waals surface area contributed by atoms with E-state index in [1.54, 1.807) is 0 Å². The molecule has 2 fully saturated rings. The molecular weight excluding hydrogens is 336 g/mol. The van der Waals surface area contributed by atoms with Gasteiger partial charge in [0.25, 0.3) is 5.91 Å². The lowest BCUT2D eigenvalue weighted by molar-refractivity contribution is -0.132. The van der Waals surface area contributed by atoms with Crippen LogP contribution in [0.25, 0.3) is 0 Å². The van der Waals surface area contributed by atoms with E-state index in [4.69, 9.17) is 0 Å². The summed E-state index contributed by atoms with van der Waals surface area (Å²) in [5.41, 5.74) is 0.601. The van der Waals surface area contributed by atoms with E-state index in [9.17, 15) is 14.7 Å². The highest BCUT2D eigenvalue weighted by Gasteiger charge is 2.35.